The van der Waals surface area contributed by atoms with E-state index in [2.05, 4.69) is 19.9 Å². The summed E-state index contributed by atoms with van der Waals surface area (Å²) in [5, 5.41) is 10.0. The maximum atomic E-state index is 11.6. The van der Waals surface area contributed by atoms with Gasteiger partial charge >= 0.3 is 5.97 Å². The molecule has 1 aromatic carbocycles. The van der Waals surface area contributed by atoms with E-state index in [0.29, 0.717) is 23.7 Å². The molecule has 0 spiro atoms. The van der Waals surface area contributed by atoms with E-state index in [-0.39, 0.29) is 5.97 Å². The zero-order valence-electron chi connectivity index (χ0n) is 12.8. The van der Waals surface area contributed by atoms with Crippen molar-refractivity contribution in [2.45, 2.75) is 33.1 Å². The molecule has 0 aliphatic heterocycles. The fraction of sp³-hybridized carbons (Fsp3) is 0.389. The summed E-state index contributed by atoms with van der Waals surface area (Å²) in [7, 11) is 1.39. The van der Waals surface area contributed by atoms with E-state index < -0.39 is 0 Å². The van der Waals surface area contributed by atoms with Crippen LogP contribution in [0.5, 0.6) is 0 Å². The van der Waals surface area contributed by atoms with Gasteiger partial charge in [-0.3, -0.25) is 0 Å². The molecule has 3 heteroatoms. The lowest BCUT2D eigenvalue weighted by molar-refractivity contribution is 0.0600. The lowest BCUT2D eigenvalue weighted by Crippen LogP contribution is -2.04. The largest absolute Gasteiger partial charge is 0.512 e. The minimum atomic E-state index is -0.325. The van der Waals surface area contributed by atoms with Gasteiger partial charge in [0.05, 0.1) is 18.4 Å². The van der Waals surface area contributed by atoms with Gasteiger partial charge in [0.2, 0.25) is 0 Å². The van der Waals surface area contributed by atoms with E-state index >= 15 is 0 Å². The van der Waals surface area contributed by atoms with Crippen molar-refractivity contribution in [1.29, 1.82) is 0 Å². The summed E-state index contributed by atoms with van der Waals surface area (Å²) in [5.41, 5.74) is 3.75. The molecule has 1 aromatic rings. The van der Waals surface area contributed by atoms with Crippen LogP contribution < -0.4 is 0 Å². The van der Waals surface area contributed by atoms with Crippen LogP contribution in [-0.2, 0) is 4.74 Å². The number of allylic oxidation sites excluding steroid dienone is 4. The van der Waals surface area contributed by atoms with Crippen LogP contribution >= 0.6 is 0 Å². The first-order valence-electron chi connectivity index (χ1n) is 7.31. The monoisotopic (exact) mass is 286 g/mol. The third kappa shape index (κ3) is 3.75. The predicted octanol–water partition coefficient (Wildman–Crippen LogP) is 4.51. The number of rotatable bonds is 4. The molecule has 2 rings (SSSR count). The van der Waals surface area contributed by atoms with Crippen molar-refractivity contribution < 1.29 is 14.6 Å². The van der Waals surface area contributed by atoms with E-state index in [4.69, 9.17) is 4.74 Å². The van der Waals surface area contributed by atoms with Gasteiger partial charge in [0.1, 0.15) is 0 Å². The van der Waals surface area contributed by atoms with Crippen LogP contribution in [-0.4, -0.2) is 18.2 Å². The number of aliphatic hydroxyl groups is 1. The van der Waals surface area contributed by atoms with Crippen molar-refractivity contribution in [3.05, 3.63) is 52.8 Å². The SMILES string of the molecule is COC(=O)c1cccc(C2=CC(CC(C)C)=C(O)CC2)c1. The van der Waals surface area contributed by atoms with E-state index in [1.165, 1.54) is 7.11 Å². The van der Waals surface area contributed by atoms with Gasteiger partial charge in [-0.1, -0.05) is 32.1 Å². The van der Waals surface area contributed by atoms with Gasteiger partial charge in [-0.2, -0.15) is 0 Å². The smallest absolute Gasteiger partial charge is 0.337 e. The second-order valence-corrected chi connectivity index (χ2v) is 5.81. The summed E-state index contributed by atoms with van der Waals surface area (Å²) in [5.74, 6) is 0.671. The molecule has 0 fully saturated rings. The third-order valence-corrected chi connectivity index (χ3v) is 3.63. The van der Waals surface area contributed by atoms with Gasteiger partial charge in [0.15, 0.2) is 0 Å². The highest BCUT2D eigenvalue weighted by Crippen LogP contribution is 2.32. The highest BCUT2D eigenvalue weighted by atomic mass is 16.5. The van der Waals surface area contributed by atoms with E-state index in [9.17, 15) is 9.90 Å². The lowest BCUT2D eigenvalue weighted by Gasteiger charge is -2.18. The zero-order chi connectivity index (χ0) is 15.4. The Morgan fingerprint density at radius 2 is 2.10 bits per heavy atom. The van der Waals surface area contributed by atoms with Crippen molar-refractivity contribution >= 4 is 11.5 Å². The van der Waals surface area contributed by atoms with Crippen molar-refractivity contribution in [3.63, 3.8) is 0 Å². The Bertz CT molecular complexity index is 594. The van der Waals surface area contributed by atoms with Crippen LogP contribution in [0.2, 0.25) is 0 Å². The quantitative estimate of drug-likeness (QED) is 0.828. The first-order chi connectivity index (χ1) is 10.0. The Morgan fingerprint density at radius 3 is 2.76 bits per heavy atom. The number of ether oxygens (including phenoxy) is 1. The molecule has 0 bridgehead atoms. The molecule has 1 aliphatic carbocycles. The summed E-state index contributed by atoms with van der Waals surface area (Å²) in [6.45, 7) is 4.28. The average Bonchev–Trinajstić information content (AvgIpc) is 2.48. The normalized spacial score (nSPS) is 15.1. The number of carbonyl (C=O) groups is 1. The third-order valence-electron chi connectivity index (χ3n) is 3.63. The van der Waals surface area contributed by atoms with Crippen molar-refractivity contribution in [2.24, 2.45) is 5.92 Å². The summed E-state index contributed by atoms with van der Waals surface area (Å²) < 4.78 is 4.76. The van der Waals surface area contributed by atoms with Crippen LogP contribution in [0.15, 0.2) is 41.7 Å². The Kier molecular flexibility index (Phi) is 4.84. The van der Waals surface area contributed by atoms with Crippen molar-refractivity contribution in [2.75, 3.05) is 7.11 Å². The number of methoxy groups -OCH3 is 1. The molecule has 0 saturated carbocycles. The first kappa shape index (κ1) is 15.4. The fourth-order valence-electron chi connectivity index (χ4n) is 2.59. The Morgan fingerprint density at radius 1 is 1.33 bits per heavy atom. The maximum Gasteiger partial charge on any atom is 0.337 e. The molecule has 1 N–H and O–H groups in total. The summed E-state index contributed by atoms with van der Waals surface area (Å²) >= 11 is 0. The predicted molar refractivity (Wildman–Crippen MR) is 84.1 cm³/mol. The van der Waals surface area contributed by atoms with E-state index in [1.54, 1.807) is 6.07 Å². The molecule has 21 heavy (non-hydrogen) atoms. The van der Waals surface area contributed by atoms with E-state index in [1.807, 2.05) is 18.2 Å². The Balaban J connectivity index is 2.32. The molecule has 0 atom stereocenters. The van der Waals surface area contributed by atoms with Gasteiger partial charge in [-0.15, -0.1) is 0 Å². The van der Waals surface area contributed by atoms with Crippen molar-refractivity contribution in [1.82, 2.24) is 0 Å². The molecule has 0 radical (unpaired) electrons. The average molecular weight is 286 g/mol. The van der Waals surface area contributed by atoms with Crippen molar-refractivity contribution in [3.8, 4) is 0 Å². The van der Waals surface area contributed by atoms with Crippen LogP contribution in [0.1, 0.15) is 49.0 Å². The molecule has 0 unspecified atom stereocenters. The number of aliphatic hydroxyl groups excluding tert-OH is 1. The maximum absolute atomic E-state index is 11.6. The van der Waals surface area contributed by atoms with Gasteiger partial charge in [0, 0.05) is 6.42 Å². The number of esters is 1. The molecular weight excluding hydrogens is 264 g/mol. The molecule has 3 nitrogen and oxygen atoms in total. The number of benzene rings is 1. The first-order valence-corrected chi connectivity index (χ1v) is 7.31. The molecule has 112 valence electrons. The van der Waals surface area contributed by atoms with Crippen LogP contribution in [0, 0.1) is 5.92 Å². The molecule has 0 aromatic heterocycles. The molecular formula is C18H22O3. The number of hydrogen-bond acceptors (Lipinski definition) is 3. The molecule has 0 amide bonds. The highest BCUT2D eigenvalue weighted by molar-refractivity contribution is 5.90. The minimum absolute atomic E-state index is 0.325. The zero-order valence-corrected chi connectivity index (χ0v) is 12.8. The molecule has 0 heterocycles. The van der Waals surface area contributed by atoms with Gasteiger partial charge in [-0.25, -0.2) is 4.79 Å². The summed E-state index contributed by atoms with van der Waals surface area (Å²) in [4.78, 5) is 11.6. The molecule has 0 saturated heterocycles. The Hall–Kier alpha value is -2.03. The highest BCUT2D eigenvalue weighted by Gasteiger charge is 2.16. The second-order valence-electron chi connectivity index (χ2n) is 5.81. The number of hydrogen-bond donors (Lipinski definition) is 1. The Labute approximate surface area is 125 Å². The van der Waals surface area contributed by atoms with E-state index in [0.717, 1.165) is 29.6 Å². The lowest BCUT2D eigenvalue weighted by atomic mass is 9.88. The van der Waals surface area contributed by atoms with Gasteiger partial charge in [0.25, 0.3) is 0 Å². The molecule has 1 aliphatic rings. The number of carbonyl (C=O) groups excluding carboxylic acids is 1. The summed E-state index contributed by atoms with van der Waals surface area (Å²) in [6, 6.07) is 7.46. The fourth-order valence-corrected chi connectivity index (χ4v) is 2.59. The standard InChI is InChI=1S/C18H22O3/c1-12(2)9-16-11-14(7-8-17(16)19)13-5-4-6-15(10-13)18(20)21-3/h4-6,10-12,19H,7-9H2,1-3H3. The summed E-state index contributed by atoms with van der Waals surface area (Å²) in [6.07, 6.45) is 4.38. The second kappa shape index (κ2) is 6.61. The minimum Gasteiger partial charge on any atom is -0.512 e. The van der Waals surface area contributed by atoms with Crippen LogP contribution in [0.4, 0.5) is 0 Å². The van der Waals surface area contributed by atoms with Gasteiger partial charge < -0.3 is 9.84 Å². The van der Waals surface area contributed by atoms with Gasteiger partial charge in [-0.05, 0) is 47.6 Å². The van der Waals surface area contributed by atoms with Crippen LogP contribution in [0.25, 0.3) is 5.57 Å². The topological polar surface area (TPSA) is 46.5 Å². The van der Waals surface area contributed by atoms with Crippen LogP contribution in [0.3, 0.4) is 0 Å².